The Bertz CT molecular complexity index is 353. The summed E-state index contributed by atoms with van der Waals surface area (Å²) >= 11 is 0. The quantitative estimate of drug-likeness (QED) is 0.760. The van der Waals surface area contributed by atoms with Gasteiger partial charge in [-0.3, -0.25) is 4.79 Å². The molecular formula is C12H18N2O2. The van der Waals surface area contributed by atoms with Crippen molar-refractivity contribution in [3.8, 4) is 5.75 Å². The summed E-state index contributed by atoms with van der Waals surface area (Å²) in [5, 5.41) is 3.22. The van der Waals surface area contributed by atoms with Gasteiger partial charge in [-0.25, -0.2) is 0 Å². The van der Waals surface area contributed by atoms with Crippen LogP contribution in [0.4, 0.5) is 0 Å². The number of rotatable bonds is 6. The van der Waals surface area contributed by atoms with E-state index in [1.54, 1.807) is 7.11 Å². The zero-order valence-electron chi connectivity index (χ0n) is 9.69. The average molecular weight is 222 g/mol. The SMILES string of the molecule is COc1ccccc1[C@H](C)NCCC(N)=O. The zero-order valence-corrected chi connectivity index (χ0v) is 9.69. The number of nitrogens with two attached hydrogens (primary N) is 1. The molecule has 1 atom stereocenters. The normalized spacial score (nSPS) is 12.1. The van der Waals surface area contributed by atoms with E-state index in [0.717, 1.165) is 11.3 Å². The van der Waals surface area contributed by atoms with Crippen molar-refractivity contribution in [3.63, 3.8) is 0 Å². The van der Waals surface area contributed by atoms with Gasteiger partial charge in [0.1, 0.15) is 5.75 Å². The molecular weight excluding hydrogens is 204 g/mol. The summed E-state index contributed by atoms with van der Waals surface area (Å²) in [6.45, 7) is 2.60. The van der Waals surface area contributed by atoms with Crippen molar-refractivity contribution in [3.05, 3.63) is 29.8 Å². The van der Waals surface area contributed by atoms with Crippen LogP contribution >= 0.6 is 0 Å². The highest BCUT2D eigenvalue weighted by atomic mass is 16.5. The molecule has 0 aliphatic rings. The first-order chi connectivity index (χ1) is 7.65. The Hall–Kier alpha value is -1.55. The standard InChI is InChI=1S/C12H18N2O2/c1-9(14-8-7-12(13)15)10-5-3-4-6-11(10)16-2/h3-6,9,14H,7-8H2,1-2H3,(H2,13,15)/t9-/m0/s1. The van der Waals surface area contributed by atoms with Gasteiger partial charge in [0.15, 0.2) is 0 Å². The van der Waals surface area contributed by atoms with Gasteiger partial charge >= 0.3 is 0 Å². The molecule has 0 bridgehead atoms. The maximum atomic E-state index is 10.6. The molecule has 0 saturated heterocycles. The number of nitrogens with one attached hydrogen (secondary N) is 1. The fourth-order valence-corrected chi connectivity index (χ4v) is 1.55. The van der Waals surface area contributed by atoms with Crippen LogP contribution in [0.25, 0.3) is 0 Å². The van der Waals surface area contributed by atoms with Crippen molar-refractivity contribution in [2.45, 2.75) is 19.4 Å². The van der Waals surface area contributed by atoms with Gasteiger partial charge in [0.2, 0.25) is 5.91 Å². The predicted molar refractivity (Wildman–Crippen MR) is 63.2 cm³/mol. The van der Waals surface area contributed by atoms with Crippen LogP contribution in [-0.4, -0.2) is 19.6 Å². The lowest BCUT2D eigenvalue weighted by atomic mass is 10.1. The number of hydrogen-bond donors (Lipinski definition) is 2. The van der Waals surface area contributed by atoms with Crippen LogP contribution in [-0.2, 0) is 4.79 Å². The highest BCUT2D eigenvalue weighted by molar-refractivity contribution is 5.73. The fourth-order valence-electron chi connectivity index (χ4n) is 1.55. The molecule has 88 valence electrons. The molecule has 3 N–H and O–H groups in total. The highest BCUT2D eigenvalue weighted by Gasteiger charge is 2.09. The van der Waals surface area contributed by atoms with Gasteiger partial charge in [0.25, 0.3) is 0 Å². The smallest absolute Gasteiger partial charge is 0.218 e. The van der Waals surface area contributed by atoms with E-state index in [-0.39, 0.29) is 11.9 Å². The lowest BCUT2D eigenvalue weighted by Crippen LogP contribution is -2.24. The Morgan fingerprint density at radius 1 is 1.50 bits per heavy atom. The number of amides is 1. The average Bonchev–Trinajstić information content (AvgIpc) is 2.28. The van der Waals surface area contributed by atoms with Gasteiger partial charge in [-0.1, -0.05) is 18.2 Å². The Kier molecular flexibility index (Phi) is 4.79. The van der Waals surface area contributed by atoms with Crippen LogP contribution < -0.4 is 15.8 Å². The summed E-state index contributed by atoms with van der Waals surface area (Å²) in [5.74, 6) is 0.557. The lowest BCUT2D eigenvalue weighted by Gasteiger charge is -2.16. The summed E-state index contributed by atoms with van der Waals surface area (Å²) in [6.07, 6.45) is 0.347. The van der Waals surface area contributed by atoms with Crippen molar-refractivity contribution >= 4 is 5.91 Å². The molecule has 1 rings (SSSR count). The fraction of sp³-hybridized carbons (Fsp3) is 0.417. The number of ether oxygens (including phenoxy) is 1. The summed E-state index contributed by atoms with van der Waals surface area (Å²) in [4.78, 5) is 10.6. The van der Waals surface area contributed by atoms with Crippen LogP contribution in [0.15, 0.2) is 24.3 Å². The number of carbonyl (C=O) groups is 1. The Labute approximate surface area is 95.8 Å². The number of methoxy groups -OCH3 is 1. The number of hydrogen-bond acceptors (Lipinski definition) is 3. The Balaban J connectivity index is 2.58. The van der Waals surface area contributed by atoms with E-state index in [0.29, 0.717) is 13.0 Å². The van der Waals surface area contributed by atoms with E-state index in [1.807, 2.05) is 31.2 Å². The molecule has 1 aromatic carbocycles. The molecule has 0 radical (unpaired) electrons. The molecule has 0 fully saturated rings. The third-order valence-electron chi connectivity index (χ3n) is 2.43. The molecule has 0 unspecified atom stereocenters. The monoisotopic (exact) mass is 222 g/mol. The molecule has 16 heavy (non-hydrogen) atoms. The van der Waals surface area contributed by atoms with Crippen LogP contribution in [0.3, 0.4) is 0 Å². The minimum atomic E-state index is -0.292. The van der Waals surface area contributed by atoms with Crippen molar-refractivity contribution < 1.29 is 9.53 Å². The summed E-state index contributed by atoms with van der Waals surface area (Å²) in [7, 11) is 1.65. The molecule has 0 aromatic heterocycles. The van der Waals surface area contributed by atoms with Gasteiger partial charge in [-0.15, -0.1) is 0 Å². The second-order valence-electron chi connectivity index (χ2n) is 3.63. The number of para-hydroxylation sites is 1. The molecule has 0 saturated carbocycles. The van der Waals surface area contributed by atoms with Gasteiger partial charge in [-0.2, -0.15) is 0 Å². The molecule has 4 heteroatoms. The number of carbonyl (C=O) groups excluding carboxylic acids is 1. The van der Waals surface area contributed by atoms with E-state index in [1.165, 1.54) is 0 Å². The first-order valence-electron chi connectivity index (χ1n) is 5.29. The van der Waals surface area contributed by atoms with Crippen LogP contribution in [0.1, 0.15) is 24.9 Å². The van der Waals surface area contributed by atoms with Crippen molar-refractivity contribution in [2.75, 3.05) is 13.7 Å². The van der Waals surface area contributed by atoms with Crippen molar-refractivity contribution in [1.29, 1.82) is 0 Å². The highest BCUT2D eigenvalue weighted by Crippen LogP contribution is 2.23. The lowest BCUT2D eigenvalue weighted by molar-refractivity contribution is -0.117. The van der Waals surface area contributed by atoms with Crippen LogP contribution in [0.2, 0.25) is 0 Å². The van der Waals surface area contributed by atoms with Gasteiger partial charge in [0, 0.05) is 24.6 Å². The number of primary amides is 1. The molecule has 1 aromatic rings. The Morgan fingerprint density at radius 2 is 2.19 bits per heavy atom. The van der Waals surface area contributed by atoms with Crippen molar-refractivity contribution in [2.24, 2.45) is 5.73 Å². The van der Waals surface area contributed by atoms with E-state index in [9.17, 15) is 4.79 Å². The molecule has 1 amide bonds. The van der Waals surface area contributed by atoms with Crippen molar-refractivity contribution in [1.82, 2.24) is 5.32 Å². The van der Waals surface area contributed by atoms with E-state index >= 15 is 0 Å². The first kappa shape index (κ1) is 12.5. The summed E-state index contributed by atoms with van der Waals surface area (Å²) in [6, 6.07) is 7.95. The molecule has 0 aliphatic heterocycles. The summed E-state index contributed by atoms with van der Waals surface area (Å²) in [5.41, 5.74) is 6.15. The van der Waals surface area contributed by atoms with E-state index < -0.39 is 0 Å². The van der Waals surface area contributed by atoms with E-state index in [2.05, 4.69) is 5.32 Å². The third kappa shape index (κ3) is 3.55. The minimum absolute atomic E-state index is 0.135. The van der Waals surface area contributed by atoms with Crippen LogP contribution in [0, 0.1) is 0 Å². The topological polar surface area (TPSA) is 64.3 Å². The zero-order chi connectivity index (χ0) is 12.0. The summed E-state index contributed by atoms with van der Waals surface area (Å²) < 4.78 is 5.26. The predicted octanol–water partition coefficient (Wildman–Crippen LogP) is 1.22. The molecule has 0 aliphatic carbocycles. The maximum absolute atomic E-state index is 10.6. The maximum Gasteiger partial charge on any atom is 0.218 e. The molecule has 0 spiro atoms. The molecule has 4 nitrogen and oxygen atoms in total. The van der Waals surface area contributed by atoms with E-state index in [4.69, 9.17) is 10.5 Å². The first-order valence-corrected chi connectivity index (χ1v) is 5.29. The Morgan fingerprint density at radius 3 is 2.81 bits per heavy atom. The van der Waals surface area contributed by atoms with Crippen LogP contribution in [0.5, 0.6) is 5.75 Å². The molecule has 0 heterocycles. The van der Waals surface area contributed by atoms with Gasteiger partial charge in [-0.05, 0) is 13.0 Å². The van der Waals surface area contributed by atoms with Gasteiger partial charge < -0.3 is 15.8 Å². The van der Waals surface area contributed by atoms with Gasteiger partial charge in [0.05, 0.1) is 7.11 Å². The second-order valence-corrected chi connectivity index (χ2v) is 3.63. The third-order valence-corrected chi connectivity index (χ3v) is 2.43. The minimum Gasteiger partial charge on any atom is -0.496 e. The second kappa shape index (κ2) is 6.12. The largest absolute Gasteiger partial charge is 0.496 e. The number of benzene rings is 1.